The molecular formula is C42H48N2O18. The van der Waals surface area contributed by atoms with E-state index in [0.29, 0.717) is 0 Å². The average molecular weight is 869 g/mol. The van der Waals surface area contributed by atoms with Gasteiger partial charge in [-0.05, 0) is 38.1 Å². The number of nitrogens with zero attached hydrogens (tertiary/aromatic N) is 2. The summed E-state index contributed by atoms with van der Waals surface area (Å²) in [5.74, 6) is -12.0. The fourth-order valence-corrected chi connectivity index (χ4v) is 9.73. The van der Waals surface area contributed by atoms with Crippen LogP contribution in [0.5, 0.6) is 0 Å². The van der Waals surface area contributed by atoms with E-state index in [1.165, 1.54) is 50.5 Å². The molecule has 2 aromatic heterocycles. The van der Waals surface area contributed by atoms with Crippen molar-refractivity contribution in [3.05, 3.63) is 59.7 Å². The quantitative estimate of drug-likeness (QED) is 0.292. The van der Waals surface area contributed by atoms with E-state index in [1.807, 2.05) is 0 Å². The Balaban J connectivity index is 1.80. The van der Waals surface area contributed by atoms with Crippen LogP contribution in [0.3, 0.4) is 0 Å². The molecule has 4 heterocycles. The van der Waals surface area contributed by atoms with E-state index >= 15 is 0 Å². The van der Waals surface area contributed by atoms with Crippen LogP contribution in [0.4, 0.5) is 0 Å². The van der Waals surface area contributed by atoms with Crippen molar-refractivity contribution in [3.63, 3.8) is 0 Å². The molecule has 20 nitrogen and oxygen atoms in total. The van der Waals surface area contributed by atoms with Crippen molar-refractivity contribution in [2.24, 2.45) is 17.3 Å². The van der Waals surface area contributed by atoms with Gasteiger partial charge >= 0.3 is 47.8 Å². The number of carbonyl (C=O) groups is 8. The zero-order valence-electron chi connectivity index (χ0n) is 35.4. The number of fused-ring (bicyclic) bond motifs is 5. The first-order valence-electron chi connectivity index (χ1n) is 19.7. The molecule has 2 aliphatic heterocycles. The largest absolute Gasteiger partial charge is 0.465 e. The van der Waals surface area contributed by atoms with E-state index in [0.717, 1.165) is 47.7 Å². The minimum absolute atomic E-state index is 0.0579. The highest BCUT2D eigenvalue weighted by molar-refractivity contribution is 5.91. The lowest BCUT2D eigenvalue weighted by Crippen LogP contribution is -2.89. The van der Waals surface area contributed by atoms with Gasteiger partial charge in [0.2, 0.25) is 0 Å². The molecule has 0 amide bonds. The van der Waals surface area contributed by atoms with Gasteiger partial charge in [-0.3, -0.25) is 38.7 Å². The zero-order chi connectivity index (χ0) is 45.7. The van der Waals surface area contributed by atoms with Gasteiger partial charge in [0.15, 0.2) is 30.0 Å². The summed E-state index contributed by atoms with van der Waals surface area (Å²) in [5.41, 5.74) is -10.5. The number of esters is 8. The van der Waals surface area contributed by atoms with Crippen molar-refractivity contribution >= 4 is 47.8 Å². The second-order valence-corrected chi connectivity index (χ2v) is 16.4. The number of hydrogen-bond donors (Lipinski definition) is 1. The summed E-state index contributed by atoms with van der Waals surface area (Å²) in [5, 5.41) is 13.6. The van der Waals surface area contributed by atoms with Crippen molar-refractivity contribution in [3.8, 4) is 0 Å². The summed E-state index contributed by atoms with van der Waals surface area (Å²) in [6.45, 7) is 8.55. The molecule has 2 aromatic rings. The van der Waals surface area contributed by atoms with Gasteiger partial charge < -0.3 is 47.7 Å². The Kier molecular flexibility index (Phi) is 12.2. The van der Waals surface area contributed by atoms with Gasteiger partial charge in [0.05, 0.1) is 28.7 Å². The molecule has 62 heavy (non-hydrogen) atoms. The van der Waals surface area contributed by atoms with E-state index in [4.69, 9.17) is 42.6 Å². The molecule has 0 radical (unpaired) electrons. The van der Waals surface area contributed by atoms with Gasteiger partial charge in [-0.15, -0.1) is 0 Å². The molecular weight excluding hydrogens is 820 g/mol. The monoisotopic (exact) mass is 868 g/mol. The van der Waals surface area contributed by atoms with E-state index < -0.39 is 138 Å². The molecule has 3 fully saturated rings. The lowest BCUT2D eigenvalue weighted by atomic mass is 9.45. The predicted octanol–water partition coefficient (Wildman–Crippen LogP) is 1.72. The van der Waals surface area contributed by atoms with Crippen LogP contribution in [-0.4, -0.2) is 129 Å². The molecule has 0 aromatic carbocycles. The van der Waals surface area contributed by atoms with E-state index in [1.54, 1.807) is 6.92 Å². The molecule has 1 saturated heterocycles. The highest BCUT2D eigenvalue weighted by atomic mass is 16.7. The van der Waals surface area contributed by atoms with Crippen LogP contribution < -0.4 is 0 Å². The number of pyridine rings is 2. The van der Waals surface area contributed by atoms with Crippen LogP contribution in [0.1, 0.15) is 94.6 Å². The minimum atomic E-state index is -2.86. The molecule has 20 heteroatoms. The maximum absolute atomic E-state index is 14.5. The summed E-state index contributed by atoms with van der Waals surface area (Å²) in [6, 6.07) is 5.67. The molecule has 1 spiro atoms. The van der Waals surface area contributed by atoms with Crippen LogP contribution in [0.25, 0.3) is 0 Å². The summed E-state index contributed by atoms with van der Waals surface area (Å²) < 4.78 is 55.3. The van der Waals surface area contributed by atoms with Gasteiger partial charge in [0, 0.05) is 59.1 Å². The van der Waals surface area contributed by atoms with Crippen LogP contribution >= 0.6 is 0 Å². The maximum atomic E-state index is 14.5. The van der Waals surface area contributed by atoms with Crippen molar-refractivity contribution < 1.29 is 86.1 Å². The Morgan fingerprint density at radius 2 is 1.37 bits per heavy atom. The third kappa shape index (κ3) is 7.41. The Labute approximate surface area is 355 Å². The fourth-order valence-electron chi connectivity index (χ4n) is 9.73. The Hall–Kier alpha value is -6.02. The molecule has 13 atom stereocenters. The van der Waals surface area contributed by atoms with Gasteiger partial charge in [-0.1, -0.05) is 13.8 Å². The Morgan fingerprint density at radius 1 is 0.774 bits per heavy atom. The first kappa shape index (κ1) is 45.5. The van der Waals surface area contributed by atoms with Gasteiger partial charge in [0.25, 0.3) is 0 Å². The van der Waals surface area contributed by atoms with Crippen LogP contribution in [0.2, 0.25) is 0 Å². The molecule has 6 rings (SSSR count). The van der Waals surface area contributed by atoms with Crippen LogP contribution in [0, 0.1) is 17.3 Å². The Morgan fingerprint density at radius 3 is 1.95 bits per heavy atom. The number of cyclic esters (lactones) is 1. The normalized spacial score (nSPS) is 36.0. The summed E-state index contributed by atoms with van der Waals surface area (Å²) in [6.07, 6.45) is -8.37. The molecule has 1 N–H and O–H groups in total. The van der Waals surface area contributed by atoms with Crippen LogP contribution in [-0.2, 0) is 71.4 Å². The average Bonchev–Trinajstić information content (AvgIpc) is 3.42. The highest BCUT2D eigenvalue weighted by Gasteiger charge is 2.92. The van der Waals surface area contributed by atoms with Gasteiger partial charge in [-0.25, -0.2) is 9.59 Å². The minimum Gasteiger partial charge on any atom is -0.465 e. The standard InChI is InChI=1S/C42H48N2O18/c1-19-20(2)36(50)61-33-31(56-22(4)46)35(59-25(7)49)41(18-54-21(3)45)34(58-24(6)48)30(60-37(51)26-12-10-14-43-16-26)28-32(57-23(5)47)42(41,40(33,9)53)62-39(28,8)17-55-38(52)27-13-11-15-44-29(19)27/h10-16,19-20,28,30-35,53H,17-18H2,1-9H3/t19-,20+,28-,30-,31+,32-,33+,34-,35+,39+,40+,41-,42+/m1/s1. The topological polar surface area (TPSA) is 266 Å². The lowest BCUT2D eigenvalue weighted by Gasteiger charge is -2.67. The first-order valence-corrected chi connectivity index (χ1v) is 19.7. The van der Waals surface area contributed by atoms with Crippen LogP contribution in [0.15, 0.2) is 42.9 Å². The van der Waals surface area contributed by atoms with Gasteiger partial charge in [-0.2, -0.15) is 0 Å². The number of ether oxygens (including phenoxy) is 9. The fraction of sp³-hybridized carbons (Fsp3) is 0.571. The number of hydrogen-bond acceptors (Lipinski definition) is 20. The number of rotatable bonds is 8. The third-order valence-electron chi connectivity index (χ3n) is 12.3. The summed E-state index contributed by atoms with van der Waals surface area (Å²) in [4.78, 5) is 118. The molecule has 2 aliphatic carbocycles. The highest BCUT2D eigenvalue weighted by Crippen LogP contribution is 2.70. The third-order valence-corrected chi connectivity index (χ3v) is 12.3. The summed E-state index contributed by atoms with van der Waals surface area (Å²) in [7, 11) is 0. The predicted molar refractivity (Wildman–Crippen MR) is 203 cm³/mol. The van der Waals surface area contributed by atoms with Crippen molar-refractivity contribution in [1.82, 2.24) is 9.97 Å². The maximum Gasteiger partial charge on any atom is 0.340 e. The first-order chi connectivity index (χ1) is 29.0. The van der Waals surface area contributed by atoms with Crippen molar-refractivity contribution in [2.45, 2.75) is 122 Å². The Bertz CT molecular complexity index is 2160. The van der Waals surface area contributed by atoms with Crippen molar-refractivity contribution in [2.75, 3.05) is 13.2 Å². The SMILES string of the molecule is CC(=O)OC[C@]12[C@H](OC(C)=O)[C@H](OC(=O)c3cccnc3)[C@@H]3[C@@H](OC(C)=O)[C@@]14O[C@@]3(C)COC(=O)c1cccnc1[C@H](C)[C@H](C)C(=O)O[C@@H]([C@H](OC(C)=O)[C@@H]2OC(C)=O)[C@]4(C)O. The molecule has 4 aliphatic rings. The smallest absolute Gasteiger partial charge is 0.340 e. The van der Waals surface area contributed by atoms with Crippen molar-refractivity contribution in [1.29, 1.82) is 0 Å². The second kappa shape index (κ2) is 16.7. The second-order valence-electron chi connectivity index (χ2n) is 16.4. The summed E-state index contributed by atoms with van der Waals surface area (Å²) >= 11 is 0. The van der Waals surface area contributed by atoms with Gasteiger partial charge in [0.1, 0.15) is 42.0 Å². The molecule has 0 unspecified atom stereocenters. The van der Waals surface area contributed by atoms with E-state index in [9.17, 15) is 43.5 Å². The number of aliphatic hydroxyl groups is 1. The molecule has 334 valence electrons. The number of carbonyl (C=O) groups excluding carboxylic acids is 8. The van der Waals surface area contributed by atoms with E-state index in [-0.39, 0.29) is 16.8 Å². The molecule has 4 bridgehead atoms. The lowest BCUT2D eigenvalue weighted by molar-refractivity contribution is -0.386. The van der Waals surface area contributed by atoms with E-state index in [2.05, 4.69) is 9.97 Å². The zero-order valence-corrected chi connectivity index (χ0v) is 35.4. The number of aromatic nitrogens is 2. The molecule has 2 saturated carbocycles.